The summed E-state index contributed by atoms with van der Waals surface area (Å²) in [5.74, 6) is 1.04. The highest BCUT2D eigenvalue weighted by molar-refractivity contribution is 5.48. The van der Waals surface area contributed by atoms with Crippen molar-refractivity contribution in [2.75, 3.05) is 7.11 Å². The van der Waals surface area contributed by atoms with Crippen LogP contribution in [0.3, 0.4) is 0 Å². The van der Waals surface area contributed by atoms with Gasteiger partial charge in [-0.2, -0.15) is 0 Å². The summed E-state index contributed by atoms with van der Waals surface area (Å²) in [6.07, 6.45) is 0. The van der Waals surface area contributed by atoms with Crippen molar-refractivity contribution >= 4 is 0 Å². The predicted molar refractivity (Wildman–Crippen MR) is 58.1 cm³/mol. The Morgan fingerprint density at radius 3 is 2.21 bits per heavy atom. The number of hydrogen-bond donors (Lipinski definition) is 1. The van der Waals surface area contributed by atoms with E-state index >= 15 is 0 Å². The third-order valence-corrected chi connectivity index (χ3v) is 2.33. The third kappa shape index (κ3) is 2.00. The molecule has 0 heterocycles. The van der Waals surface area contributed by atoms with Crippen LogP contribution in [0.5, 0.6) is 11.5 Å². The highest BCUT2D eigenvalue weighted by Crippen LogP contribution is 2.35. The quantitative estimate of drug-likeness (QED) is 0.744. The number of phenolic OH excluding ortho intramolecular Hbond substituents is 1. The molecule has 78 valence electrons. The van der Waals surface area contributed by atoms with Gasteiger partial charge in [0, 0.05) is 6.07 Å². The van der Waals surface area contributed by atoms with Gasteiger partial charge in [-0.25, -0.2) is 0 Å². The normalized spacial score (nSPS) is 11.5. The third-order valence-electron chi connectivity index (χ3n) is 2.33. The molecule has 0 amide bonds. The van der Waals surface area contributed by atoms with Gasteiger partial charge in [-0.15, -0.1) is 0 Å². The molecular formula is C12H18O2. The van der Waals surface area contributed by atoms with Gasteiger partial charge >= 0.3 is 0 Å². The maximum atomic E-state index is 9.54. The van der Waals surface area contributed by atoms with Crippen molar-refractivity contribution in [3.63, 3.8) is 0 Å². The minimum absolute atomic E-state index is 0.0316. The van der Waals surface area contributed by atoms with Gasteiger partial charge in [-0.05, 0) is 29.5 Å². The first-order valence-electron chi connectivity index (χ1n) is 4.74. The van der Waals surface area contributed by atoms with E-state index in [9.17, 15) is 5.11 Å². The molecule has 0 fully saturated rings. The number of benzene rings is 1. The van der Waals surface area contributed by atoms with Gasteiger partial charge in [0.05, 0.1) is 7.11 Å². The topological polar surface area (TPSA) is 29.5 Å². The molecule has 0 aliphatic rings. The summed E-state index contributed by atoms with van der Waals surface area (Å²) in [5, 5.41) is 9.54. The summed E-state index contributed by atoms with van der Waals surface area (Å²) in [6.45, 7) is 8.27. The number of ether oxygens (including phenoxy) is 1. The van der Waals surface area contributed by atoms with Crippen LogP contribution in [0.15, 0.2) is 12.1 Å². The van der Waals surface area contributed by atoms with Crippen molar-refractivity contribution in [1.82, 2.24) is 0 Å². The van der Waals surface area contributed by atoms with E-state index in [0.717, 1.165) is 16.9 Å². The summed E-state index contributed by atoms with van der Waals surface area (Å²) in [5.41, 5.74) is 2.04. The second-order valence-electron chi connectivity index (χ2n) is 4.59. The molecule has 1 N–H and O–H groups in total. The molecule has 0 aliphatic heterocycles. The van der Waals surface area contributed by atoms with Crippen molar-refractivity contribution in [3.05, 3.63) is 23.3 Å². The first kappa shape index (κ1) is 10.9. The van der Waals surface area contributed by atoms with Gasteiger partial charge in [0.2, 0.25) is 0 Å². The van der Waals surface area contributed by atoms with Crippen molar-refractivity contribution in [2.45, 2.75) is 33.1 Å². The zero-order valence-electron chi connectivity index (χ0n) is 9.51. The van der Waals surface area contributed by atoms with Crippen molar-refractivity contribution < 1.29 is 9.84 Å². The average molecular weight is 194 g/mol. The van der Waals surface area contributed by atoms with Crippen LogP contribution >= 0.6 is 0 Å². The first-order valence-corrected chi connectivity index (χ1v) is 4.74. The van der Waals surface area contributed by atoms with Crippen LogP contribution in [0.2, 0.25) is 0 Å². The lowest BCUT2D eigenvalue weighted by Gasteiger charge is -2.22. The fourth-order valence-electron chi connectivity index (χ4n) is 1.43. The SMILES string of the molecule is COc1cc(O)c(C)cc1C(C)(C)C. The number of hydrogen-bond acceptors (Lipinski definition) is 2. The molecule has 1 rings (SSSR count). The summed E-state index contributed by atoms with van der Waals surface area (Å²) in [7, 11) is 1.62. The van der Waals surface area contributed by atoms with Crippen LogP contribution in [-0.4, -0.2) is 12.2 Å². The summed E-state index contributed by atoms with van der Waals surface area (Å²) >= 11 is 0. The molecule has 2 heteroatoms. The highest BCUT2D eigenvalue weighted by atomic mass is 16.5. The van der Waals surface area contributed by atoms with Gasteiger partial charge in [0.1, 0.15) is 11.5 Å². The zero-order valence-corrected chi connectivity index (χ0v) is 9.51. The van der Waals surface area contributed by atoms with Gasteiger partial charge in [0.15, 0.2) is 0 Å². The Morgan fingerprint density at radius 1 is 1.21 bits per heavy atom. The zero-order chi connectivity index (χ0) is 10.9. The van der Waals surface area contributed by atoms with Gasteiger partial charge in [-0.3, -0.25) is 0 Å². The number of aryl methyl sites for hydroxylation is 1. The standard InChI is InChI=1S/C12H18O2/c1-8-6-9(12(2,3)4)11(14-5)7-10(8)13/h6-7,13H,1-5H3. The fraction of sp³-hybridized carbons (Fsp3) is 0.500. The molecular weight excluding hydrogens is 176 g/mol. The Hall–Kier alpha value is -1.18. The number of rotatable bonds is 1. The van der Waals surface area contributed by atoms with Crippen LogP contribution in [-0.2, 0) is 5.41 Å². The lowest BCUT2D eigenvalue weighted by Crippen LogP contribution is -2.13. The van der Waals surface area contributed by atoms with E-state index in [1.807, 2.05) is 13.0 Å². The Morgan fingerprint density at radius 2 is 1.79 bits per heavy atom. The highest BCUT2D eigenvalue weighted by Gasteiger charge is 2.19. The average Bonchev–Trinajstić information content (AvgIpc) is 2.07. The van der Waals surface area contributed by atoms with E-state index in [1.54, 1.807) is 13.2 Å². The second-order valence-corrected chi connectivity index (χ2v) is 4.59. The number of methoxy groups -OCH3 is 1. The van der Waals surface area contributed by atoms with E-state index in [4.69, 9.17) is 4.74 Å². The summed E-state index contributed by atoms with van der Waals surface area (Å²) < 4.78 is 5.25. The first-order chi connectivity index (χ1) is 6.36. The van der Waals surface area contributed by atoms with E-state index in [0.29, 0.717) is 0 Å². The van der Waals surface area contributed by atoms with E-state index in [1.165, 1.54) is 0 Å². The van der Waals surface area contributed by atoms with Crippen LogP contribution in [0.4, 0.5) is 0 Å². The lowest BCUT2D eigenvalue weighted by atomic mass is 9.85. The smallest absolute Gasteiger partial charge is 0.126 e. The molecule has 14 heavy (non-hydrogen) atoms. The molecule has 0 aliphatic carbocycles. The van der Waals surface area contributed by atoms with Gasteiger partial charge in [-0.1, -0.05) is 20.8 Å². The molecule has 0 unspecified atom stereocenters. The lowest BCUT2D eigenvalue weighted by molar-refractivity contribution is 0.390. The Bertz CT molecular complexity index is 335. The van der Waals surface area contributed by atoms with E-state index in [-0.39, 0.29) is 11.2 Å². The fourth-order valence-corrected chi connectivity index (χ4v) is 1.43. The summed E-state index contributed by atoms with van der Waals surface area (Å²) in [4.78, 5) is 0. The molecule has 0 spiro atoms. The monoisotopic (exact) mass is 194 g/mol. The largest absolute Gasteiger partial charge is 0.508 e. The Labute approximate surface area is 85.5 Å². The second kappa shape index (κ2) is 3.52. The Balaban J connectivity index is 3.35. The van der Waals surface area contributed by atoms with Crippen LogP contribution in [0.25, 0.3) is 0 Å². The minimum atomic E-state index is 0.0316. The van der Waals surface area contributed by atoms with E-state index in [2.05, 4.69) is 20.8 Å². The number of aromatic hydroxyl groups is 1. The minimum Gasteiger partial charge on any atom is -0.508 e. The van der Waals surface area contributed by atoms with Crippen LogP contribution in [0.1, 0.15) is 31.9 Å². The van der Waals surface area contributed by atoms with Gasteiger partial charge in [0.25, 0.3) is 0 Å². The van der Waals surface area contributed by atoms with Crippen LogP contribution in [0, 0.1) is 6.92 Å². The number of phenols is 1. The molecule has 0 atom stereocenters. The molecule has 0 bridgehead atoms. The molecule has 0 aromatic heterocycles. The summed E-state index contributed by atoms with van der Waals surface area (Å²) in [6, 6.07) is 3.66. The Kier molecular flexibility index (Phi) is 2.74. The molecule has 0 saturated carbocycles. The molecule has 1 aromatic carbocycles. The van der Waals surface area contributed by atoms with Crippen molar-refractivity contribution in [2.24, 2.45) is 0 Å². The molecule has 0 saturated heterocycles. The van der Waals surface area contributed by atoms with Crippen LogP contribution < -0.4 is 4.74 Å². The van der Waals surface area contributed by atoms with Crippen molar-refractivity contribution in [1.29, 1.82) is 0 Å². The maximum absolute atomic E-state index is 9.54. The molecule has 0 radical (unpaired) electrons. The van der Waals surface area contributed by atoms with E-state index < -0.39 is 0 Å². The van der Waals surface area contributed by atoms with Gasteiger partial charge < -0.3 is 9.84 Å². The maximum Gasteiger partial charge on any atom is 0.126 e. The molecule has 2 nitrogen and oxygen atoms in total. The molecule has 1 aromatic rings. The predicted octanol–water partition coefficient (Wildman–Crippen LogP) is 3.01. The van der Waals surface area contributed by atoms with Crippen molar-refractivity contribution in [3.8, 4) is 11.5 Å².